The Kier molecular flexibility index (Phi) is 6.78. The summed E-state index contributed by atoms with van der Waals surface area (Å²) in [5, 5.41) is 2.68. The summed E-state index contributed by atoms with van der Waals surface area (Å²) >= 11 is 5.76. The SMILES string of the molecule is Cc1ccc(NC(=O)Cn2c3c(sc2=O)[C@@H](c2cccc(Br)c2)[C@@H]2C(=O)N(c4ccccc4)C(=O)[C@@H]2S3)cc1. The Balaban J connectivity index is 1.41. The minimum Gasteiger partial charge on any atom is -0.325 e. The second-order valence-corrected chi connectivity index (χ2v) is 12.5. The van der Waals surface area contributed by atoms with Crippen LogP contribution in [0.2, 0.25) is 0 Å². The summed E-state index contributed by atoms with van der Waals surface area (Å²) in [5.74, 6) is -2.14. The Bertz CT molecular complexity index is 1670. The molecule has 3 heterocycles. The normalized spacial score (nSPS) is 20.1. The summed E-state index contributed by atoms with van der Waals surface area (Å²) in [6.07, 6.45) is 0. The molecule has 2 aliphatic heterocycles. The Morgan fingerprint density at radius 3 is 2.41 bits per heavy atom. The average molecular weight is 621 g/mol. The number of rotatable bonds is 5. The zero-order valence-corrected chi connectivity index (χ0v) is 23.9. The third-order valence-electron chi connectivity index (χ3n) is 6.91. The first-order valence-electron chi connectivity index (χ1n) is 12.3. The summed E-state index contributed by atoms with van der Waals surface area (Å²) < 4.78 is 2.26. The number of fused-ring (bicyclic) bond motifs is 2. The van der Waals surface area contributed by atoms with Gasteiger partial charge in [-0.1, -0.05) is 87.1 Å². The molecular weight excluding hydrogens is 598 g/mol. The van der Waals surface area contributed by atoms with Crippen LogP contribution >= 0.6 is 39.0 Å². The Hall–Kier alpha value is -3.47. The number of nitrogens with one attached hydrogen (secondary N) is 1. The number of aryl methyl sites for hydroxylation is 1. The van der Waals surface area contributed by atoms with Crippen molar-refractivity contribution in [2.75, 3.05) is 10.2 Å². The fourth-order valence-electron chi connectivity index (χ4n) is 5.13. The summed E-state index contributed by atoms with van der Waals surface area (Å²) in [6.45, 7) is 1.77. The van der Waals surface area contributed by atoms with Crippen molar-refractivity contribution in [3.8, 4) is 0 Å². The van der Waals surface area contributed by atoms with Crippen molar-refractivity contribution in [1.29, 1.82) is 0 Å². The number of nitrogens with zero attached hydrogens (tertiary/aromatic N) is 2. The number of halogens is 1. The molecule has 0 unspecified atom stereocenters. The van der Waals surface area contributed by atoms with Crippen molar-refractivity contribution in [2.45, 2.75) is 29.7 Å². The number of thioether (sulfide) groups is 1. The Morgan fingerprint density at radius 2 is 1.69 bits per heavy atom. The summed E-state index contributed by atoms with van der Waals surface area (Å²) in [5.41, 5.74) is 3.06. The molecule has 0 aliphatic carbocycles. The van der Waals surface area contributed by atoms with E-state index >= 15 is 0 Å². The van der Waals surface area contributed by atoms with E-state index in [1.54, 1.807) is 24.3 Å². The molecule has 2 aliphatic rings. The van der Waals surface area contributed by atoms with E-state index < -0.39 is 17.1 Å². The molecule has 1 aromatic heterocycles. The maximum Gasteiger partial charge on any atom is 0.308 e. The van der Waals surface area contributed by atoms with E-state index in [2.05, 4.69) is 21.2 Å². The first-order valence-corrected chi connectivity index (χ1v) is 14.8. The minimum absolute atomic E-state index is 0.196. The molecule has 196 valence electrons. The van der Waals surface area contributed by atoms with Gasteiger partial charge in [-0.25, -0.2) is 4.90 Å². The molecule has 1 N–H and O–H groups in total. The number of carbonyl (C=O) groups excluding carboxylic acids is 3. The summed E-state index contributed by atoms with van der Waals surface area (Å²) in [6, 6.07) is 23.9. The number of imide groups is 1. The van der Waals surface area contributed by atoms with Crippen molar-refractivity contribution in [3.05, 3.63) is 109 Å². The third-order valence-corrected chi connectivity index (χ3v) is 10.0. The number of thiazole rings is 1. The van der Waals surface area contributed by atoms with Crippen molar-refractivity contribution >= 4 is 68.1 Å². The highest BCUT2D eigenvalue weighted by molar-refractivity contribution is 9.10. The number of anilines is 2. The first kappa shape index (κ1) is 25.8. The van der Waals surface area contributed by atoms with Crippen molar-refractivity contribution in [1.82, 2.24) is 4.57 Å². The van der Waals surface area contributed by atoms with Crippen LogP contribution in [0.5, 0.6) is 0 Å². The maximum absolute atomic E-state index is 13.9. The molecule has 7 nitrogen and oxygen atoms in total. The standard InChI is InChI=1S/C29H22BrN3O4S2/c1-16-10-12-19(13-11-16)31-21(34)15-32-28-25(39-29(32)37)22(17-6-5-7-18(30)14-17)23-24(38-28)27(36)33(26(23)35)20-8-3-2-4-9-20/h2-14,22-24H,15H2,1H3,(H,31,34)/t22-,23-,24+/m0/s1. The van der Waals surface area contributed by atoms with Gasteiger partial charge in [0.1, 0.15) is 11.8 Å². The number of hydrogen-bond acceptors (Lipinski definition) is 6. The second-order valence-electron chi connectivity index (χ2n) is 9.48. The second kappa shape index (κ2) is 10.3. The maximum atomic E-state index is 13.9. The molecule has 3 aromatic carbocycles. The van der Waals surface area contributed by atoms with E-state index in [1.807, 2.05) is 61.5 Å². The van der Waals surface area contributed by atoms with Crippen LogP contribution in [-0.4, -0.2) is 27.5 Å². The summed E-state index contributed by atoms with van der Waals surface area (Å²) in [7, 11) is 0. The quantitative estimate of drug-likeness (QED) is 0.302. The van der Waals surface area contributed by atoms with Gasteiger partial charge in [0.25, 0.3) is 0 Å². The molecule has 0 saturated carbocycles. The molecule has 0 spiro atoms. The lowest BCUT2D eigenvalue weighted by molar-refractivity contribution is -0.122. The number of carbonyl (C=O) groups is 3. The predicted octanol–water partition coefficient (Wildman–Crippen LogP) is 5.42. The van der Waals surface area contributed by atoms with Crippen LogP contribution < -0.4 is 15.1 Å². The van der Waals surface area contributed by atoms with Gasteiger partial charge < -0.3 is 5.32 Å². The Morgan fingerprint density at radius 1 is 0.949 bits per heavy atom. The zero-order chi connectivity index (χ0) is 27.3. The zero-order valence-electron chi connectivity index (χ0n) is 20.7. The van der Waals surface area contributed by atoms with Gasteiger partial charge in [0, 0.05) is 21.0 Å². The topological polar surface area (TPSA) is 88.5 Å². The fraction of sp³-hybridized carbons (Fsp3) is 0.172. The lowest BCUT2D eigenvalue weighted by Gasteiger charge is -2.30. The van der Waals surface area contributed by atoms with Crippen LogP contribution in [-0.2, 0) is 20.9 Å². The van der Waals surface area contributed by atoms with Crippen LogP contribution in [0.1, 0.15) is 21.9 Å². The molecule has 3 atom stereocenters. The first-order chi connectivity index (χ1) is 18.8. The number of amides is 3. The highest BCUT2D eigenvalue weighted by atomic mass is 79.9. The van der Waals surface area contributed by atoms with Gasteiger partial charge >= 0.3 is 4.87 Å². The van der Waals surface area contributed by atoms with Crippen molar-refractivity contribution < 1.29 is 14.4 Å². The molecule has 39 heavy (non-hydrogen) atoms. The van der Waals surface area contributed by atoms with Crippen LogP contribution in [0.4, 0.5) is 11.4 Å². The van der Waals surface area contributed by atoms with Crippen LogP contribution in [0, 0.1) is 12.8 Å². The van der Waals surface area contributed by atoms with Gasteiger partial charge in [-0.2, -0.15) is 0 Å². The number of hydrogen-bond donors (Lipinski definition) is 1. The monoisotopic (exact) mass is 619 g/mol. The smallest absolute Gasteiger partial charge is 0.308 e. The number of aromatic nitrogens is 1. The largest absolute Gasteiger partial charge is 0.325 e. The van der Waals surface area contributed by atoms with E-state index in [-0.39, 0.29) is 29.1 Å². The number of para-hydroxylation sites is 1. The molecular formula is C29H22BrN3O4S2. The number of benzene rings is 3. The molecule has 6 rings (SSSR count). The van der Waals surface area contributed by atoms with Gasteiger partial charge in [0.2, 0.25) is 17.7 Å². The molecule has 4 aromatic rings. The Labute approximate surface area is 241 Å². The fourth-order valence-corrected chi connectivity index (χ4v) is 8.32. The highest BCUT2D eigenvalue weighted by Crippen LogP contribution is 2.54. The van der Waals surface area contributed by atoms with Crippen molar-refractivity contribution in [2.24, 2.45) is 5.92 Å². The lowest BCUT2D eigenvalue weighted by Crippen LogP contribution is -2.33. The molecule has 1 saturated heterocycles. The lowest BCUT2D eigenvalue weighted by atomic mass is 9.83. The molecule has 10 heteroatoms. The highest BCUT2D eigenvalue weighted by Gasteiger charge is 2.56. The van der Waals surface area contributed by atoms with Gasteiger partial charge in [0.15, 0.2) is 0 Å². The summed E-state index contributed by atoms with van der Waals surface area (Å²) in [4.78, 5) is 55.5. The molecule has 3 amide bonds. The van der Waals surface area contributed by atoms with E-state index in [4.69, 9.17) is 0 Å². The van der Waals surface area contributed by atoms with Gasteiger partial charge in [-0.3, -0.25) is 23.7 Å². The molecule has 0 radical (unpaired) electrons. The minimum atomic E-state index is -0.727. The van der Waals surface area contributed by atoms with Gasteiger partial charge in [-0.15, -0.1) is 0 Å². The van der Waals surface area contributed by atoms with E-state index in [1.165, 1.54) is 21.2 Å². The third kappa shape index (κ3) is 4.66. The van der Waals surface area contributed by atoms with E-state index in [0.29, 0.717) is 21.3 Å². The average Bonchev–Trinajstić information content (AvgIpc) is 3.36. The van der Waals surface area contributed by atoms with Crippen molar-refractivity contribution in [3.63, 3.8) is 0 Å². The van der Waals surface area contributed by atoms with E-state index in [9.17, 15) is 19.2 Å². The van der Waals surface area contributed by atoms with Gasteiger partial charge in [-0.05, 0) is 48.9 Å². The molecule has 1 fully saturated rings. The van der Waals surface area contributed by atoms with Gasteiger partial charge in [0.05, 0.1) is 16.6 Å². The van der Waals surface area contributed by atoms with Crippen LogP contribution in [0.15, 0.2) is 93.2 Å². The molecule has 0 bridgehead atoms. The van der Waals surface area contributed by atoms with Crippen LogP contribution in [0.3, 0.4) is 0 Å². The van der Waals surface area contributed by atoms with E-state index in [0.717, 1.165) is 26.9 Å². The van der Waals surface area contributed by atoms with Crippen LogP contribution in [0.25, 0.3) is 0 Å². The predicted molar refractivity (Wildman–Crippen MR) is 156 cm³/mol.